The molecule has 0 unspecified atom stereocenters. The van der Waals surface area contributed by atoms with Crippen molar-refractivity contribution in [1.82, 2.24) is 5.32 Å². The number of ether oxygens (including phenoxy) is 1. The van der Waals surface area contributed by atoms with Crippen LogP contribution in [0.5, 0.6) is 0 Å². The highest BCUT2D eigenvalue weighted by Crippen LogP contribution is 2.75. The van der Waals surface area contributed by atoms with E-state index in [1.807, 2.05) is 31.3 Å². The number of esters is 1. The van der Waals surface area contributed by atoms with Crippen molar-refractivity contribution in [2.75, 3.05) is 7.05 Å². The van der Waals surface area contributed by atoms with E-state index < -0.39 is 51.7 Å². The van der Waals surface area contributed by atoms with Gasteiger partial charge in [0.1, 0.15) is 12.4 Å². The minimum absolute atomic E-state index is 0.0426. The van der Waals surface area contributed by atoms with E-state index in [4.69, 9.17) is 4.74 Å². The Bertz CT molecular complexity index is 1500. The molecular weight excluding hydrogens is 622 g/mol. The van der Waals surface area contributed by atoms with E-state index in [2.05, 4.69) is 26.1 Å². The topological polar surface area (TPSA) is 157 Å². The van der Waals surface area contributed by atoms with E-state index in [0.717, 1.165) is 29.4 Å². The average Bonchev–Trinajstić information content (AvgIpc) is 3.56. The Hall–Kier alpha value is -2.14. The molecule has 0 aromatic heterocycles. The lowest BCUT2D eigenvalue weighted by Gasteiger charge is -2.70. The molecule has 5 aliphatic carbocycles. The van der Waals surface area contributed by atoms with Gasteiger partial charge in [0.25, 0.3) is 0 Å². The fourth-order valence-corrected chi connectivity index (χ4v) is 12.8. The number of carbonyl (C=O) groups is 2. The molecule has 6 aliphatic rings. The maximum Gasteiger partial charge on any atom is 0.331 e. The van der Waals surface area contributed by atoms with E-state index in [9.17, 15) is 35.1 Å². The number of fused-ring (bicyclic) bond motifs is 9. The lowest BCUT2D eigenvalue weighted by Crippen LogP contribution is -2.79. The number of rotatable bonds is 9. The number of nitrogens with one attached hydrogen (secondary N) is 1. The van der Waals surface area contributed by atoms with Gasteiger partial charge in [-0.3, -0.25) is 0 Å². The molecule has 0 saturated heterocycles. The summed E-state index contributed by atoms with van der Waals surface area (Å²) in [7, 11) is 1.91. The van der Waals surface area contributed by atoms with Gasteiger partial charge in [-0.1, -0.05) is 51.5 Å². The van der Waals surface area contributed by atoms with Crippen LogP contribution in [-0.4, -0.2) is 79.9 Å². The Balaban J connectivity index is 1.29. The Morgan fingerprint density at radius 3 is 2.45 bits per heavy atom. The van der Waals surface area contributed by atoms with Crippen LogP contribution in [0, 0.1) is 46.3 Å². The van der Waals surface area contributed by atoms with Crippen LogP contribution in [0.25, 0.3) is 0 Å². The van der Waals surface area contributed by atoms with Crippen molar-refractivity contribution in [3.05, 3.63) is 47.0 Å². The van der Waals surface area contributed by atoms with E-state index >= 15 is 0 Å². The normalized spacial score (nSPS) is 46.1. The van der Waals surface area contributed by atoms with Crippen LogP contribution in [-0.2, 0) is 27.4 Å². The standard InChI is InChI=1S/C40H57NO8/c1-23(2)9-10-27-19-39(47)32(37(22-43)14-11-28(44)20-38(27,37)46)12-13-36(3)34-26(18-40(36,39)48)15-29(35-30(34)17-33(45)49-35)31(41-4)16-24-7-5-6-8-25(24)21-42/h5-8,17,22-23,26-29,31-32,34-35,41-42,44,46-48H,9-16,18-21H2,1-4H3/t26-,27+,28-,29-,31+,32+,34+,35-,36-,37+,38+,39+,40+/m0/s1. The van der Waals surface area contributed by atoms with Gasteiger partial charge in [0.2, 0.25) is 0 Å². The van der Waals surface area contributed by atoms with Crippen LogP contribution in [0.1, 0.15) is 96.1 Å². The van der Waals surface area contributed by atoms with E-state index in [1.54, 1.807) is 6.08 Å². The number of aliphatic hydroxyl groups excluding tert-OH is 2. The SMILES string of the molecule is CN[C@H](Cc1ccccc1CO)[C@@H]1C[C@H]2C[C@@]3(O)[C@@](C)(CC[C@H]4[C@]3(O)C[C@@H](CCC(C)C)[C@]3(O)C[C@@H](O)CC[C@@]43C=O)[C@H]2C2=CC(=O)O[C@H]21. The highest BCUT2D eigenvalue weighted by atomic mass is 16.5. The van der Waals surface area contributed by atoms with E-state index in [-0.39, 0.29) is 55.6 Å². The van der Waals surface area contributed by atoms with Crippen LogP contribution in [0.15, 0.2) is 35.9 Å². The van der Waals surface area contributed by atoms with Crippen molar-refractivity contribution in [2.24, 2.45) is 46.3 Å². The van der Waals surface area contributed by atoms with Gasteiger partial charge in [-0.15, -0.1) is 0 Å². The van der Waals surface area contributed by atoms with Gasteiger partial charge in [0.05, 0.1) is 34.9 Å². The zero-order chi connectivity index (χ0) is 35.1. The van der Waals surface area contributed by atoms with Crippen molar-refractivity contribution < 1.29 is 39.9 Å². The first-order valence-electron chi connectivity index (χ1n) is 18.8. The molecular formula is C40H57NO8. The average molecular weight is 680 g/mol. The maximum absolute atomic E-state index is 13.4. The highest BCUT2D eigenvalue weighted by molar-refractivity contribution is 5.86. The van der Waals surface area contributed by atoms with Gasteiger partial charge in [0, 0.05) is 35.8 Å². The number of likely N-dealkylation sites (N-methyl/N-ethyl adjacent to an activating group) is 1. The van der Waals surface area contributed by atoms with Gasteiger partial charge in [0.15, 0.2) is 0 Å². The molecule has 9 heteroatoms. The summed E-state index contributed by atoms with van der Waals surface area (Å²) >= 11 is 0. The summed E-state index contributed by atoms with van der Waals surface area (Å²) in [5, 5.41) is 63.6. The quantitative estimate of drug-likeness (QED) is 0.170. The van der Waals surface area contributed by atoms with E-state index in [0.29, 0.717) is 50.9 Å². The summed E-state index contributed by atoms with van der Waals surface area (Å²) in [5.74, 6) is -1.49. The van der Waals surface area contributed by atoms with Crippen LogP contribution >= 0.6 is 0 Å². The first-order chi connectivity index (χ1) is 23.2. The number of aliphatic hydroxyl groups is 5. The zero-order valence-corrected chi connectivity index (χ0v) is 29.6. The minimum Gasteiger partial charge on any atom is -0.454 e. The van der Waals surface area contributed by atoms with Gasteiger partial charge in [-0.2, -0.15) is 0 Å². The Morgan fingerprint density at radius 2 is 1.78 bits per heavy atom. The molecule has 1 aliphatic heterocycles. The summed E-state index contributed by atoms with van der Waals surface area (Å²) in [6.07, 6.45) is 6.24. The van der Waals surface area contributed by atoms with Crippen molar-refractivity contribution in [2.45, 2.75) is 133 Å². The third kappa shape index (κ3) is 4.85. The minimum atomic E-state index is -1.65. The predicted molar refractivity (Wildman–Crippen MR) is 183 cm³/mol. The number of hydrogen-bond acceptors (Lipinski definition) is 9. The molecule has 1 aromatic rings. The molecule has 1 aromatic carbocycles. The summed E-state index contributed by atoms with van der Waals surface area (Å²) in [6.45, 7) is 6.24. The largest absolute Gasteiger partial charge is 0.454 e. The number of hydrogen-bond donors (Lipinski definition) is 6. The van der Waals surface area contributed by atoms with Crippen LogP contribution in [0.2, 0.25) is 0 Å². The van der Waals surface area contributed by atoms with Crippen molar-refractivity contribution in [3.63, 3.8) is 0 Å². The van der Waals surface area contributed by atoms with Crippen molar-refractivity contribution >= 4 is 12.3 Å². The molecule has 0 radical (unpaired) electrons. The van der Waals surface area contributed by atoms with Crippen molar-refractivity contribution in [3.8, 4) is 0 Å². The monoisotopic (exact) mass is 679 g/mol. The summed E-state index contributed by atoms with van der Waals surface area (Å²) in [6, 6.07) is 7.75. The lowest BCUT2D eigenvalue weighted by atomic mass is 9.37. The first kappa shape index (κ1) is 35.3. The molecule has 7 rings (SSSR count). The molecule has 0 spiro atoms. The number of aldehydes is 1. The lowest BCUT2D eigenvalue weighted by molar-refractivity contribution is -0.331. The Kier molecular flexibility index (Phi) is 8.81. The summed E-state index contributed by atoms with van der Waals surface area (Å²) in [4.78, 5) is 26.5. The molecule has 1 heterocycles. The predicted octanol–water partition coefficient (Wildman–Crippen LogP) is 3.61. The molecule has 0 bridgehead atoms. The molecule has 9 nitrogen and oxygen atoms in total. The second-order valence-corrected chi connectivity index (χ2v) is 17.5. The zero-order valence-electron chi connectivity index (χ0n) is 29.6. The number of carbonyl (C=O) groups excluding carboxylic acids is 2. The third-order valence-corrected chi connectivity index (χ3v) is 15.1. The van der Waals surface area contributed by atoms with Gasteiger partial charge in [-0.25, -0.2) is 4.79 Å². The van der Waals surface area contributed by atoms with Crippen LogP contribution in [0.4, 0.5) is 0 Å². The third-order valence-electron chi connectivity index (χ3n) is 15.1. The molecule has 270 valence electrons. The summed E-state index contributed by atoms with van der Waals surface area (Å²) < 4.78 is 6.08. The second kappa shape index (κ2) is 12.2. The molecule has 5 fully saturated rings. The Morgan fingerprint density at radius 1 is 1.04 bits per heavy atom. The fraction of sp³-hybridized carbons (Fsp3) is 0.750. The van der Waals surface area contributed by atoms with Gasteiger partial charge < -0.3 is 40.4 Å². The molecule has 6 N–H and O–H groups in total. The van der Waals surface area contributed by atoms with E-state index in [1.165, 1.54) is 0 Å². The fourth-order valence-electron chi connectivity index (χ4n) is 12.8. The molecule has 0 amide bonds. The number of benzene rings is 1. The molecule has 49 heavy (non-hydrogen) atoms. The summed E-state index contributed by atoms with van der Waals surface area (Å²) in [5.41, 5.74) is -3.97. The first-order valence-corrected chi connectivity index (χ1v) is 18.8. The molecule has 13 atom stereocenters. The molecule has 5 saturated carbocycles. The van der Waals surface area contributed by atoms with Gasteiger partial charge in [-0.05, 0) is 105 Å². The van der Waals surface area contributed by atoms with Crippen LogP contribution < -0.4 is 5.32 Å². The highest BCUT2D eigenvalue weighted by Gasteiger charge is 2.80. The van der Waals surface area contributed by atoms with Crippen LogP contribution in [0.3, 0.4) is 0 Å². The second-order valence-electron chi connectivity index (χ2n) is 17.5. The Labute approximate surface area is 290 Å². The van der Waals surface area contributed by atoms with Crippen molar-refractivity contribution in [1.29, 1.82) is 0 Å². The van der Waals surface area contributed by atoms with Gasteiger partial charge >= 0.3 is 5.97 Å². The smallest absolute Gasteiger partial charge is 0.331 e. The maximum atomic E-state index is 13.4.